The van der Waals surface area contributed by atoms with Crippen molar-refractivity contribution >= 4 is 27.5 Å². The molecule has 1 fully saturated rings. The Morgan fingerprint density at radius 1 is 1.38 bits per heavy atom. The van der Waals surface area contributed by atoms with Crippen LogP contribution in [0.25, 0.3) is 0 Å². The molecule has 0 aliphatic carbocycles. The molecule has 1 heterocycles. The first-order chi connectivity index (χ1) is 7.49. The lowest BCUT2D eigenvalue weighted by atomic mass is 10.1. The van der Waals surface area contributed by atoms with Crippen molar-refractivity contribution < 1.29 is 9.90 Å². The molecule has 86 valence electrons. The fourth-order valence-electron chi connectivity index (χ4n) is 2.03. The van der Waals surface area contributed by atoms with Crippen LogP contribution in [0.15, 0.2) is 16.6 Å². The first kappa shape index (κ1) is 11.6. The molecule has 0 saturated carbocycles. The summed E-state index contributed by atoms with van der Waals surface area (Å²) in [5.74, 6) is -0.00801. The van der Waals surface area contributed by atoms with Crippen molar-refractivity contribution in [3.8, 4) is 0 Å². The van der Waals surface area contributed by atoms with E-state index < -0.39 is 6.10 Å². The normalized spacial score (nSPS) is 20.6. The number of β-amino-alcohol motifs (C(OH)–C–C–N with tert-alkyl or cyclic N) is 1. The van der Waals surface area contributed by atoms with Gasteiger partial charge in [0.25, 0.3) is 0 Å². The van der Waals surface area contributed by atoms with Crippen LogP contribution in [-0.4, -0.2) is 23.7 Å². The van der Waals surface area contributed by atoms with Gasteiger partial charge in [0.1, 0.15) is 0 Å². The molecule has 1 aliphatic heterocycles. The first-order valence-electron chi connectivity index (χ1n) is 5.24. The molecule has 1 atom stereocenters. The quantitative estimate of drug-likeness (QED) is 0.858. The van der Waals surface area contributed by atoms with Gasteiger partial charge in [0.15, 0.2) is 0 Å². The van der Waals surface area contributed by atoms with Gasteiger partial charge in [0.2, 0.25) is 5.91 Å². The third-order valence-corrected chi connectivity index (χ3v) is 3.73. The van der Waals surface area contributed by atoms with Crippen LogP contribution in [0.5, 0.6) is 0 Å². The van der Waals surface area contributed by atoms with E-state index in [9.17, 15) is 9.90 Å². The van der Waals surface area contributed by atoms with Crippen molar-refractivity contribution in [2.45, 2.75) is 26.4 Å². The third kappa shape index (κ3) is 1.99. The number of carbonyl (C=O) groups is 1. The minimum atomic E-state index is -0.535. The number of hydrogen-bond acceptors (Lipinski definition) is 2. The molecule has 4 heteroatoms. The molecular weight excluding hydrogens is 270 g/mol. The van der Waals surface area contributed by atoms with Gasteiger partial charge in [-0.25, -0.2) is 0 Å². The standard InChI is InChI=1S/C12H14BrNO2/c1-7-3-8(2)11(5-10(7)13)14-6-9(15)4-12(14)16/h3,5,9,15H,4,6H2,1-2H3. The van der Waals surface area contributed by atoms with E-state index in [1.54, 1.807) is 4.90 Å². The Labute approximate surface area is 103 Å². The van der Waals surface area contributed by atoms with E-state index in [0.717, 1.165) is 21.3 Å². The Kier molecular flexibility index (Phi) is 3.04. The number of rotatable bonds is 1. The molecule has 3 nitrogen and oxygen atoms in total. The average Bonchev–Trinajstić information content (AvgIpc) is 2.51. The summed E-state index contributed by atoms with van der Waals surface area (Å²) in [7, 11) is 0. The second kappa shape index (κ2) is 4.18. The highest BCUT2D eigenvalue weighted by Crippen LogP contribution is 2.30. The predicted molar refractivity (Wildman–Crippen MR) is 66.6 cm³/mol. The first-order valence-corrected chi connectivity index (χ1v) is 6.03. The van der Waals surface area contributed by atoms with E-state index in [0.29, 0.717) is 6.54 Å². The summed E-state index contributed by atoms with van der Waals surface area (Å²) in [5.41, 5.74) is 3.09. The van der Waals surface area contributed by atoms with Crippen LogP contribution in [0, 0.1) is 13.8 Å². The Bertz CT molecular complexity index is 445. The Morgan fingerprint density at radius 2 is 2.06 bits per heavy atom. The fraction of sp³-hybridized carbons (Fsp3) is 0.417. The number of amides is 1. The molecule has 0 bridgehead atoms. The van der Waals surface area contributed by atoms with E-state index >= 15 is 0 Å². The van der Waals surface area contributed by atoms with E-state index in [1.807, 2.05) is 26.0 Å². The van der Waals surface area contributed by atoms with Gasteiger partial charge in [0.05, 0.1) is 19.1 Å². The number of halogens is 1. The zero-order valence-electron chi connectivity index (χ0n) is 9.33. The Hall–Kier alpha value is -0.870. The molecular formula is C12H14BrNO2. The molecule has 0 radical (unpaired) electrons. The van der Waals surface area contributed by atoms with Gasteiger partial charge >= 0.3 is 0 Å². The number of aryl methyl sites for hydroxylation is 2. The molecule has 1 saturated heterocycles. The summed E-state index contributed by atoms with van der Waals surface area (Å²) in [5, 5.41) is 9.47. The molecule has 1 aliphatic rings. The molecule has 1 amide bonds. The van der Waals surface area contributed by atoms with E-state index in [2.05, 4.69) is 15.9 Å². The number of anilines is 1. The lowest BCUT2D eigenvalue weighted by Crippen LogP contribution is -2.26. The van der Waals surface area contributed by atoms with Crippen LogP contribution in [0.2, 0.25) is 0 Å². The maximum atomic E-state index is 11.7. The van der Waals surface area contributed by atoms with E-state index in [1.165, 1.54) is 0 Å². The Morgan fingerprint density at radius 3 is 2.62 bits per heavy atom. The van der Waals surface area contributed by atoms with E-state index in [4.69, 9.17) is 0 Å². The van der Waals surface area contributed by atoms with Gasteiger partial charge in [0, 0.05) is 10.2 Å². The topological polar surface area (TPSA) is 40.5 Å². The maximum Gasteiger partial charge on any atom is 0.229 e. The number of aliphatic hydroxyl groups is 1. The largest absolute Gasteiger partial charge is 0.391 e. The van der Waals surface area contributed by atoms with Crippen molar-refractivity contribution in [1.82, 2.24) is 0 Å². The van der Waals surface area contributed by atoms with Crippen LogP contribution in [0.4, 0.5) is 5.69 Å². The smallest absolute Gasteiger partial charge is 0.229 e. The molecule has 16 heavy (non-hydrogen) atoms. The summed E-state index contributed by atoms with van der Waals surface area (Å²) >= 11 is 3.46. The molecule has 2 rings (SSSR count). The highest BCUT2D eigenvalue weighted by atomic mass is 79.9. The monoisotopic (exact) mass is 283 g/mol. The van der Waals surface area contributed by atoms with Crippen LogP contribution in [0.1, 0.15) is 17.5 Å². The number of nitrogens with zero attached hydrogens (tertiary/aromatic N) is 1. The number of benzene rings is 1. The molecule has 1 aromatic carbocycles. The lowest BCUT2D eigenvalue weighted by molar-refractivity contribution is -0.117. The summed E-state index contributed by atoms with van der Waals surface area (Å²) in [6, 6.07) is 3.98. The van der Waals surface area contributed by atoms with E-state index in [-0.39, 0.29) is 12.3 Å². The highest BCUT2D eigenvalue weighted by Gasteiger charge is 2.30. The highest BCUT2D eigenvalue weighted by molar-refractivity contribution is 9.10. The van der Waals surface area contributed by atoms with Crippen LogP contribution >= 0.6 is 15.9 Å². The SMILES string of the molecule is Cc1cc(C)c(N2CC(O)CC2=O)cc1Br. The number of aliphatic hydroxyl groups excluding tert-OH is 1. The van der Waals surface area contributed by atoms with Gasteiger partial charge < -0.3 is 10.0 Å². The average molecular weight is 284 g/mol. The van der Waals surface area contributed by atoms with Crippen LogP contribution in [-0.2, 0) is 4.79 Å². The third-order valence-electron chi connectivity index (χ3n) is 2.87. The van der Waals surface area contributed by atoms with Crippen molar-refractivity contribution in [2.24, 2.45) is 0 Å². The van der Waals surface area contributed by atoms with Crippen molar-refractivity contribution in [3.05, 3.63) is 27.7 Å². The zero-order valence-corrected chi connectivity index (χ0v) is 10.9. The number of carbonyl (C=O) groups excluding carboxylic acids is 1. The van der Waals surface area contributed by atoms with Crippen molar-refractivity contribution in [1.29, 1.82) is 0 Å². The zero-order chi connectivity index (χ0) is 11.9. The predicted octanol–water partition coefficient (Wildman–Crippen LogP) is 2.16. The summed E-state index contributed by atoms with van der Waals surface area (Å²) in [6.07, 6.45) is -0.308. The fourth-order valence-corrected chi connectivity index (χ4v) is 2.36. The van der Waals surface area contributed by atoms with Gasteiger partial charge in [-0.3, -0.25) is 4.79 Å². The maximum absolute atomic E-state index is 11.7. The summed E-state index contributed by atoms with van der Waals surface area (Å²) in [4.78, 5) is 13.3. The van der Waals surface area contributed by atoms with Gasteiger partial charge in [-0.2, -0.15) is 0 Å². The van der Waals surface area contributed by atoms with Gasteiger partial charge in [-0.15, -0.1) is 0 Å². The van der Waals surface area contributed by atoms with Gasteiger partial charge in [-0.05, 0) is 31.0 Å². The Balaban J connectivity index is 2.41. The minimum absolute atomic E-state index is 0.00801. The van der Waals surface area contributed by atoms with Crippen LogP contribution in [0.3, 0.4) is 0 Å². The molecule has 0 aromatic heterocycles. The molecule has 1 N–H and O–H groups in total. The summed E-state index contributed by atoms with van der Waals surface area (Å²) < 4.78 is 0.988. The number of hydrogen-bond donors (Lipinski definition) is 1. The molecule has 1 aromatic rings. The van der Waals surface area contributed by atoms with Crippen LogP contribution < -0.4 is 4.90 Å². The second-order valence-corrected chi connectivity index (χ2v) is 5.10. The van der Waals surface area contributed by atoms with Crippen molar-refractivity contribution in [2.75, 3.05) is 11.4 Å². The molecule has 1 unspecified atom stereocenters. The molecule has 0 spiro atoms. The second-order valence-electron chi connectivity index (χ2n) is 4.25. The summed E-state index contributed by atoms with van der Waals surface area (Å²) in [6.45, 7) is 4.39. The minimum Gasteiger partial charge on any atom is -0.391 e. The lowest BCUT2D eigenvalue weighted by Gasteiger charge is -2.19. The van der Waals surface area contributed by atoms with Gasteiger partial charge in [-0.1, -0.05) is 22.0 Å². The van der Waals surface area contributed by atoms with Crippen molar-refractivity contribution in [3.63, 3.8) is 0 Å².